The summed E-state index contributed by atoms with van der Waals surface area (Å²) in [5.41, 5.74) is 2.13. The molecular weight excluding hydrogens is 1020 g/mol. The van der Waals surface area contributed by atoms with Crippen LogP contribution in [-0.2, 0) is 80.6 Å². The van der Waals surface area contributed by atoms with Gasteiger partial charge >= 0.3 is 5.97 Å². The zero-order valence-electron chi connectivity index (χ0n) is 46.6. The van der Waals surface area contributed by atoms with Gasteiger partial charge in [-0.05, 0) is 73.8 Å². The van der Waals surface area contributed by atoms with Crippen LogP contribution < -0.4 is 0 Å². The second-order valence-corrected chi connectivity index (χ2v) is 26.8. The first-order valence-electron chi connectivity index (χ1n) is 30.6. The maximum Gasteiger partial charge on any atom is 0.308 e. The third kappa shape index (κ3) is 10.2. The van der Waals surface area contributed by atoms with E-state index >= 15 is 0 Å². The number of ether oxygens (including phenoxy) is 15. The SMILES string of the molecule is C=C1C2C[C@@H]3O[C@H]4C[C@H]5O[C@@]6(C[C@@H]7O[C@]8(C[C@H](C)[C@@H]9O[C@H](CC(=O)CCO)[C@H](O)C[C@@H]9O8)C[C@H](C)[C@@H]7O6)C[C@H]5O[C@H]4[C@H](C)[C@H]3OC(=O)C[C@H]3CC[C@@H]4O[C@@H]5[C@H]6O[C@H](CO[C@H]6[C@H]4O3)[C@H]5OCC[C@H]3CC(=C)[C@H](CC[C@@H](C[C@H]1C)O2)O3. The van der Waals surface area contributed by atoms with Crippen molar-refractivity contribution in [2.75, 3.05) is 19.8 Å². The van der Waals surface area contributed by atoms with Gasteiger partial charge in [-0.1, -0.05) is 40.9 Å². The van der Waals surface area contributed by atoms with E-state index in [4.69, 9.17) is 71.1 Å². The molecule has 0 aromatic heterocycles. The molecule has 30 atom stereocenters. The Morgan fingerprint density at radius 3 is 2.11 bits per heavy atom. The van der Waals surface area contributed by atoms with E-state index in [1.54, 1.807) is 0 Å². The Labute approximate surface area is 463 Å². The lowest BCUT2D eigenvalue weighted by Crippen LogP contribution is -2.62. The summed E-state index contributed by atoms with van der Waals surface area (Å²) in [5.74, 6) is -2.22. The fourth-order valence-corrected chi connectivity index (χ4v) is 17.4. The molecule has 2 spiro atoms. The molecule has 19 nitrogen and oxygen atoms in total. The Balaban J connectivity index is 0.674. The maximum atomic E-state index is 14.5. The molecule has 19 heteroatoms. The molecule has 0 aromatic carbocycles. The van der Waals surface area contributed by atoms with Gasteiger partial charge in [0.15, 0.2) is 11.6 Å². The largest absolute Gasteiger partial charge is 0.459 e. The monoisotopic (exact) mass is 1110 g/mol. The Hall–Kier alpha value is -2.02. The highest BCUT2D eigenvalue weighted by Gasteiger charge is 2.66. The average Bonchev–Trinajstić information content (AvgIpc) is 4.21. The van der Waals surface area contributed by atoms with Gasteiger partial charge < -0.3 is 81.3 Å². The van der Waals surface area contributed by atoms with Crippen LogP contribution in [0, 0.1) is 23.7 Å². The minimum Gasteiger partial charge on any atom is -0.459 e. The van der Waals surface area contributed by atoms with Gasteiger partial charge in [-0.15, -0.1) is 0 Å². The zero-order valence-corrected chi connectivity index (χ0v) is 46.6. The Morgan fingerprint density at radius 2 is 1.27 bits per heavy atom. The summed E-state index contributed by atoms with van der Waals surface area (Å²) in [5, 5.41) is 20.4. The smallest absolute Gasteiger partial charge is 0.308 e. The first kappa shape index (κ1) is 54.9. The lowest BCUT2D eigenvalue weighted by Gasteiger charge is -2.54. The second-order valence-electron chi connectivity index (χ2n) is 26.8. The Bertz CT molecular complexity index is 2300. The highest BCUT2D eigenvalue weighted by Crippen LogP contribution is 2.56. The summed E-state index contributed by atoms with van der Waals surface area (Å²) in [6, 6.07) is 0. The molecule has 440 valence electrons. The molecule has 1 unspecified atom stereocenters. The van der Waals surface area contributed by atoms with Crippen LogP contribution >= 0.6 is 0 Å². The first-order chi connectivity index (χ1) is 38.1. The van der Waals surface area contributed by atoms with Crippen molar-refractivity contribution in [2.45, 2.75) is 295 Å². The van der Waals surface area contributed by atoms with Crippen molar-refractivity contribution < 1.29 is 90.9 Å². The van der Waals surface area contributed by atoms with Gasteiger partial charge in [-0.3, -0.25) is 9.59 Å². The van der Waals surface area contributed by atoms with E-state index < -0.39 is 48.2 Å². The molecule has 79 heavy (non-hydrogen) atoms. The van der Waals surface area contributed by atoms with Crippen LogP contribution in [0.3, 0.4) is 0 Å². The summed E-state index contributed by atoms with van der Waals surface area (Å²) < 4.78 is 102. The highest BCUT2D eigenvalue weighted by molar-refractivity contribution is 5.79. The molecule has 11 bridgehead atoms. The number of aliphatic hydroxyl groups excluding tert-OH is 2. The number of Topliss-reactive ketones (excluding diaryl/α,β-unsaturated/α-hetero) is 1. The summed E-state index contributed by atoms with van der Waals surface area (Å²) in [7, 11) is 0. The van der Waals surface area contributed by atoms with Crippen LogP contribution in [0.15, 0.2) is 24.3 Å². The number of ketones is 1. The molecule has 0 aliphatic carbocycles. The molecule has 16 fully saturated rings. The topological polar surface area (TPSA) is 213 Å². The quantitative estimate of drug-likeness (QED) is 0.279. The molecule has 0 aromatic rings. The Morgan fingerprint density at radius 1 is 0.557 bits per heavy atom. The molecule has 16 heterocycles. The van der Waals surface area contributed by atoms with Gasteiger partial charge in [0.25, 0.3) is 0 Å². The van der Waals surface area contributed by atoms with E-state index in [2.05, 4.69) is 40.9 Å². The van der Waals surface area contributed by atoms with Crippen molar-refractivity contribution in [3.05, 3.63) is 24.3 Å². The fraction of sp³-hybridized carbons (Fsp3) is 0.900. The van der Waals surface area contributed by atoms with Gasteiger partial charge in [0.05, 0.1) is 117 Å². The molecule has 16 rings (SSSR count). The predicted molar refractivity (Wildman–Crippen MR) is 275 cm³/mol. The van der Waals surface area contributed by atoms with Crippen LogP contribution in [-0.4, -0.2) is 200 Å². The normalized spacial score (nSPS) is 55.1. The summed E-state index contributed by atoms with van der Waals surface area (Å²) in [6.45, 7) is 18.4. The lowest BCUT2D eigenvalue weighted by molar-refractivity contribution is -0.371. The highest BCUT2D eigenvalue weighted by atomic mass is 16.8. The standard InChI is InChI=1S/C60H86O19/c1-27-15-34-7-9-38-28(2)16-36(67-38)12-14-65-54-48-26-66-56-55-39(71-57(54)58(56)74-48)10-8-35(69-55)18-49(64)75-53-32(6)52-44(70-43(53)20-40(68-34)31(27)5)21-42-46(73-52)24-60(76-42)25-47-51(79-60)30(4)23-59(78-47)22-29(3)50-45(77-59)19-37(63)41(72-50)17-33(62)11-13-61/h27,29-30,32,34-48,50-58,61,63H,2,5,7-26H2,1,3-4,6H3/t27-,29+,30+,32+,34+,35-,36+,37-,38+,39+,40?,41-,42-,43+,44+,45+,46-,47+,48-,50+,51+,52+,53-,54-,55+,56+,57+,58+,59-,60+/m1/s1. The van der Waals surface area contributed by atoms with Crippen molar-refractivity contribution in [1.82, 2.24) is 0 Å². The number of aliphatic hydroxyl groups is 2. The van der Waals surface area contributed by atoms with E-state index in [0.29, 0.717) is 71.0 Å². The molecule has 16 aliphatic heterocycles. The van der Waals surface area contributed by atoms with Gasteiger partial charge in [-0.2, -0.15) is 0 Å². The maximum absolute atomic E-state index is 14.5. The summed E-state index contributed by atoms with van der Waals surface area (Å²) in [6.07, 6.45) is 1.21. The van der Waals surface area contributed by atoms with Crippen LogP contribution in [0.1, 0.15) is 137 Å². The van der Waals surface area contributed by atoms with Crippen molar-refractivity contribution in [2.24, 2.45) is 23.7 Å². The third-order valence-electron chi connectivity index (χ3n) is 21.2. The molecule has 2 N–H and O–H groups in total. The third-order valence-corrected chi connectivity index (χ3v) is 21.2. The first-order valence-corrected chi connectivity index (χ1v) is 30.6. The fourth-order valence-electron chi connectivity index (χ4n) is 17.4. The molecule has 0 radical (unpaired) electrons. The van der Waals surface area contributed by atoms with Crippen LogP contribution in [0.4, 0.5) is 0 Å². The van der Waals surface area contributed by atoms with Gasteiger partial charge in [-0.25, -0.2) is 0 Å². The molecular formula is C60H86O19. The van der Waals surface area contributed by atoms with Gasteiger partial charge in [0, 0.05) is 76.9 Å². The number of rotatable bonds is 4. The molecule has 16 aliphatic rings. The molecule has 16 saturated heterocycles. The van der Waals surface area contributed by atoms with Crippen molar-refractivity contribution in [1.29, 1.82) is 0 Å². The van der Waals surface area contributed by atoms with Crippen LogP contribution in [0.25, 0.3) is 0 Å². The van der Waals surface area contributed by atoms with Gasteiger partial charge in [0.1, 0.15) is 48.5 Å². The van der Waals surface area contributed by atoms with E-state index in [9.17, 15) is 19.8 Å². The minimum absolute atomic E-state index is 0.0215. The van der Waals surface area contributed by atoms with Crippen molar-refractivity contribution in [3.8, 4) is 0 Å². The van der Waals surface area contributed by atoms with E-state index in [0.717, 1.165) is 43.3 Å². The summed E-state index contributed by atoms with van der Waals surface area (Å²) >= 11 is 0. The van der Waals surface area contributed by atoms with Gasteiger partial charge in [0.2, 0.25) is 0 Å². The average molecular weight is 1110 g/mol. The molecule has 0 amide bonds. The number of hydrogen-bond donors (Lipinski definition) is 2. The summed E-state index contributed by atoms with van der Waals surface area (Å²) in [4.78, 5) is 26.9. The Kier molecular flexibility index (Phi) is 14.9. The van der Waals surface area contributed by atoms with Crippen molar-refractivity contribution >= 4 is 11.8 Å². The van der Waals surface area contributed by atoms with E-state index in [1.807, 2.05) is 0 Å². The number of hydrogen-bond acceptors (Lipinski definition) is 19. The van der Waals surface area contributed by atoms with Crippen LogP contribution in [0.2, 0.25) is 0 Å². The second kappa shape index (κ2) is 21.5. The van der Waals surface area contributed by atoms with Crippen LogP contribution in [0.5, 0.6) is 0 Å². The number of esters is 1. The number of carbonyl (C=O) groups is 2. The number of carbonyl (C=O) groups excluding carboxylic acids is 2. The zero-order chi connectivity index (χ0) is 54.2. The van der Waals surface area contributed by atoms with Crippen molar-refractivity contribution in [3.63, 3.8) is 0 Å². The molecule has 0 saturated carbocycles. The minimum atomic E-state index is -0.938. The predicted octanol–water partition coefficient (Wildman–Crippen LogP) is 5.03. The van der Waals surface area contributed by atoms with E-state index in [-0.39, 0.29) is 171 Å². The van der Waals surface area contributed by atoms with E-state index in [1.165, 1.54) is 0 Å². The lowest BCUT2D eigenvalue weighted by atomic mass is 9.78. The number of fused-ring (bicyclic) bond motifs is 6.